The highest BCUT2D eigenvalue weighted by molar-refractivity contribution is 7.85. The van der Waals surface area contributed by atoms with Crippen LogP contribution in [0.1, 0.15) is 36.6 Å². The van der Waals surface area contributed by atoms with Gasteiger partial charge in [-0.3, -0.25) is 4.21 Å². The standard InChI is InChI=1S/C17H24N2O3S/c1-10-5-6-14-15(9-22-16(14)11(10)2)18-17(20)19-7-8-23(21)13(4)12(19)3/h5-6,12-13,15H,7-9H2,1-4H3,(H,18,20)/t12-,13+,15-,23+/m0/s1. The highest BCUT2D eigenvalue weighted by Gasteiger charge is 2.35. The summed E-state index contributed by atoms with van der Waals surface area (Å²) in [6, 6.07) is 3.86. The summed E-state index contributed by atoms with van der Waals surface area (Å²) >= 11 is 0. The fourth-order valence-corrected chi connectivity index (χ4v) is 4.56. The number of amides is 2. The smallest absolute Gasteiger partial charge is 0.318 e. The molecule has 1 aromatic rings. The number of aryl methyl sites for hydroxylation is 1. The van der Waals surface area contributed by atoms with Gasteiger partial charge in [-0.05, 0) is 38.8 Å². The number of hydrogen-bond donors (Lipinski definition) is 1. The van der Waals surface area contributed by atoms with Gasteiger partial charge in [0.2, 0.25) is 0 Å². The van der Waals surface area contributed by atoms with Gasteiger partial charge in [0.25, 0.3) is 0 Å². The molecule has 0 aliphatic carbocycles. The number of fused-ring (bicyclic) bond motifs is 1. The van der Waals surface area contributed by atoms with Gasteiger partial charge in [-0.1, -0.05) is 12.1 Å². The Hall–Kier alpha value is -1.56. The fourth-order valence-electron chi connectivity index (χ4n) is 3.22. The molecule has 2 aliphatic rings. The number of hydrogen-bond acceptors (Lipinski definition) is 3. The average Bonchev–Trinajstić information content (AvgIpc) is 2.92. The molecule has 3 rings (SSSR count). The van der Waals surface area contributed by atoms with E-state index in [0.29, 0.717) is 18.9 Å². The van der Waals surface area contributed by atoms with Gasteiger partial charge in [0.15, 0.2) is 0 Å². The van der Waals surface area contributed by atoms with Crippen molar-refractivity contribution in [3.8, 4) is 5.75 Å². The van der Waals surface area contributed by atoms with Gasteiger partial charge in [0.05, 0.1) is 11.3 Å². The minimum absolute atomic E-state index is 0.00603. The largest absolute Gasteiger partial charge is 0.490 e. The first kappa shape index (κ1) is 16.3. The molecule has 0 aromatic heterocycles. The predicted molar refractivity (Wildman–Crippen MR) is 91.3 cm³/mol. The van der Waals surface area contributed by atoms with Gasteiger partial charge in [-0.15, -0.1) is 0 Å². The third kappa shape index (κ3) is 2.84. The number of ether oxygens (including phenoxy) is 1. The van der Waals surface area contributed by atoms with E-state index in [1.807, 2.05) is 26.8 Å². The Kier molecular flexibility index (Phi) is 4.36. The Labute approximate surface area is 139 Å². The van der Waals surface area contributed by atoms with Crippen molar-refractivity contribution in [1.29, 1.82) is 0 Å². The molecule has 4 atom stereocenters. The Morgan fingerprint density at radius 1 is 1.35 bits per heavy atom. The third-order valence-corrected chi connectivity index (χ3v) is 6.96. The molecule has 0 radical (unpaired) electrons. The van der Waals surface area contributed by atoms with E-state index in [4.69, 9.17) is 4.74 Å². The van der Waals surface area contributed by atoms with Crippen molar-refractivity contribution in [2.24, 2.45) is 0 Å². The number of urea groups is 1. The van der Waals surface area contributed by atoms with Crippen molar-refractivity contribution in [3.63, 3.8) is 0 Å². The lowest BCUT2D eigenvalue weighted by Gasteiger charge is -2.37. The van der Waals surface area contributed by atoms with Crippen LogP contribution in [-0.2, 0) is 10.8 Å². The van der Waals surface area contributed by atoms with Crippen molar-refractivity contribution in [2.75, 3.05) is 18.9 Å². The van der Waals surface area contributed by atoms with Crippen molar-refractivity contribution in [1.82, 2.24) is 10.2 Å². The van der Waals surface area contributed by atoms with Crippen molar-refractivity contribution >= 4 is 16.8 Å². The third-order valence-electron chi connectivity index (χ3n) is 5.15. The van der Waals surface area contributed by atoms with E-state index in [2.05, 4.69) is 18.3 Å². The number of carbonyl (C=O) groups excluding carboxylic acids is 1. The van der Waals surface area contributed by atoms with Gasteiger partial charge in [0, 0.05) is 34.7 Å². The van der Waals surface area contributed by atoms with E-state index in [1.165, 1.54) is 5.56 Å². The van der Waals surface area contributed by atoms with Crippen LogP contribution >= 0.6 is 0 Å². The maximum absolute atomic E-state index is 12.6. The maximum atomic E-state index is 12.6. The van der Waals surface area contributed by atoms with E-state index in [1.54, 1.807) is 4.90 Å². The molecule has 1 N–H and O–H groups in total. The number of benzene rings is 1. The molecule has 2 aliphatic heterocycles. The van der Waals surface area contributed by atoms with Crippen LogP contribution in [0.15, 0.2) is 12.1 Å². The van der Waals surface area contributed by atoms with Crippen molar-refractivity contribution < 1.29 is 13.7 Å². The normalized spacial score (nSPS) is 29.8. The molecule has 23 heavy (non-hydrogen) atoms. The lowest BCUT2D eigenvalue weighted by atomic mass is 10.0. The molecule has 0 bridgehead atoms. The summed E-state index contributed by atoms with van der Waals surface area (Å²) in [6.45, 7) is 9.02. The first-order chi connectivity index (χ1) is 10.9. The van der Waals surface area contributed by atoms with E-state index < -0.39 is 10.8 Å². The minimum atomic E-state index is -0.845. The summed E-state index contributed by atoms with van der Waals surface area (Å²) in [7, 11) is -0.845. The summed E-state index contributed by atoms with van der Waals surface area (Å²) in [5.74, 6) is 1.45. The topological polar surface area (TPSA) is 58.6 Å². The zero-order valence-electron chi connectivity index (χ0n) is 14.1. The van der Waals surface area contributed by atoms with Crippen LogP contribution in [0.25, 0.3) is 0 Å². The molecule has 0 saturated carbocycles. The predicted octanol–water partition coefficient (Wildman–Crippen LogP) is 2.29. The number of rotatable bonds is 1. The molecular formula is C17H24N2O3S. The van der Waals surface area contributed by atoms with Gasteiger partial charge < -0.3 is 15.0 Å². The molecule has 0 unspecified atom stereocenters. The number of nitrogens with one attached hydrogen (secondary N) is 1. The lowest BCUT2D eigenvalue weighted by Crippen LogP contribution is -2.55. The first-order valence-electron chi connectivity index (χ1n) is 8.07. The molecule has 1 aromatic carbocycles. The van der Waals surface area contributed by atoms with Gasteiger partial charge >= 0.3 is 6.03 Å². The average molecular weight is 336 g/mol. The lowest BCUT2D eigenvalue weighted by molar-refractivity contribution is 0.172. The maximum Gasteiger partial charge on any atom is 0.318 e. The van der Waals surface area contributed by atoms with Gasteiger partial charge in [-0.25, -0.2) is 4.79 Å². The molecule has 5 nitrogen and oxygen atoms in total. The van der Waals surface area contributed by atoms with Crippen molar-refractivity contribution in [2.45, 2.75) is 45.0 Å². The minimum Gasteiger partial charge on any atom is -0.490 e. The molecule has 1 fully saturated rings. The monoisotopic (exact) mass is 336 g/mol. The summed E-state index contributed by atoms with van der Waals surface area (Å²) in [5, 5.41) is 3.09. The second-order valence-corrected chi connectivity index (χ2v) is 8.38. The number of nitrogens with zero attached hydrogens (tertiary/aromatic N) is 1. The molecule has 1 saturated heterocycles. The van der Waals surface area contributed by atoms with Crippen LogP contribution in [0.5, 0.6) is 5.75 Å². The van der Waals surface area contributed by atoms with E-state index in [9.17, 15) is 9.00 Å². The second-order valence-electron chi connectivity index (χ2n) is 6.46. The SMILES string of the molecule is Cc1ccc2c(c1C)OC[C@@H]2NC(=O)N1CC[S@@](=O)[C@H](C)[C@@H]1C. The molecule has 6 heteroatoms. The van der Waals surface area contributed by atoms with E-state index in [-0.39, 0.29) is 23.4 Å². The van der Waals surface area contributed by atoms with Crippen LogP contribution in [0, 0.1) is 13.8 Å². The molecular weight excluding hydrogens is 312 g/mol. The molecule has 126 valence electrons. The number of carbonyl (C=O) groups is 1. The highest BCUT2D eigenvalue weighted by atomic mass is 32.2. The Bertz CT molecular complexity index is 661. The molecule has 0 spiro atoms. The summed E-state index contributed by atoms with van der Waals surface area (Å²) in [6.07, 6.45) is 0. The first-order valence-corrected chi connectivity index (χ1v) is 9.45. The summed E-state index contributed by atoms with van der Waals surface area (Å²) in [4.78, 5) is 14.4. The Morgan fingerprint density at radius 2 is 2.09 bits per heavy atom. The Balaban J connectivity index is 1.73. The van der Waals surface area contributed by atoms with Gasteiger partial charge in [0.1, 0.15) is 12.4 Å². The van der Waals surface area contributed by atoms with Crippen LogP contribution in [0.2, 0.25) is 0 Å². The Morgan fingerprint density at radius 3 is 2.83 bits per heavy atom. The molecule has 2 amide bonds. The highest BCUT2D eigenvalue weighted by Crippen LogP contribution is 2.36. The molecule has 2 heterocycles. The quantitative estimate of drug-likeness (QED) is 0.856. The van der Waals surface area contributed by atoms with Gasteiger partial charge in [-0.2, -0.15) is 0 Å². The zero-order chi connectivity index (χ0) is 16.7. The van der Waals surface area contributed by atoms with E-state index in [0.717, 1.165) is 16.9 Å². The van der Waals surface area contributed by atoms with Crippen LogP contribution < -0.4 is 10.1 Å². The summed E-state index contributed by atoms with van der Waals surface area (Å²) in [5.41, 5.74) is 3.37. The second kappa shape index (κ2) is 6.15. The van der Waals surface area contributed by atoms with E-state index >= 15 is 0 Å². The van der Waals surface area contributed by atoms with Crippen molar-refractivity contribution in [3.05, 3.63) is 28.8 Å². The zero-order valence-corrected chi connectivity index (χ0v) is 14.9. The van der Waals surface area contributed by atoms with Crippen LogP contribution in [0.4, 0.5) is 4.79 Å². The van der Waals surface area contributed by atoms with Crippen LogP contribution in [0.3, 0.4) is 0 Å². The van der Waals surface area contributed by atoms with Crippen LogP contribution in [-0.4, -0.2) is 45.3 Å². The fraction of sp³-hybridized carbons (Fsp3) is 0.588. The summed E-state index contributed by atoms with van der Waals surface area (Å²) < 4.78 is 17.7.